The van der Waals surface area contributed by atoms with Crippen molar-refractivity contribution in [1.82, 2.24) is 10.2 Å². The number of nitrogens with one attached hydrogen (secondary N) is 1. The van der Waals surface area contributed by atoms with Gasteiger partial charge in [0.2, 0.25) is 6.41 Å². The molecular weight excluding hydrogens is 235 g/mol. The van der Waals surface area contributed by atoms with Gasteiger partial charge >= 0.3 is 0 Å². The van der Waals surface area contributed by atoms with Crippen molar-refractivity contribution in [2.24, 2.45) is 0 Å². The Labute approximate surface area is 106 Å². The molecule has 0 spiro atoms. The van der Waals surface area contributed by atoms with E-state index >= 15 is 0 Å². The molecule has 1 aliphatic rings. The zero-order valence-electron chi connectivity index (χ0n) is 10.1. The lowest BCUT2D eigenvalue weighted by Crippen LogP contribution is -2.46. The van der Waals surface area contributed by atoms with Crippen molar-refractivity contribution < 1.29 is 13.9 Å². The van der Waals surface area contributed by atoms with Crippen molar-refractivity contribution in [1.29, 1.82) is 0 Å². The van der Waals surface area contributed by atoms with Crippen LogP contribution in [0.3, 0.4) is 0 Å². The molecule has 4 nitrogen and oxygen atoms in total. The molecule has 1 heterocycles. The Bertz CT molecular complexity index is 383. The average molecular weight is 252 g/mol. The summed E-state index contributed by atoms with van der Waals surface area (Å²) in [6, 6.07) is 6.54. The second-order valence-electron chi connectivity index (χ2n) is 4.38. The van der Waals surface area contributed by atoms with E-state index in [2.05, 4.69) is 10.2 Å². The van der Waals surface area contributed by atoms with Crippen LogP contribution < -0.4 is 5.32 Å². The van der Waals surface area contributed by atoms with Crippen LogP contribution in [0.25, 0.3) is 0 Å². The number of rotatable bonds is 5. The summed E-state index contributed by atoms with van der Waals surface area (Å²) in [4.78, 5) is 12.5. The highest BCUT2D eigenvalue weighted by Crippen LogP contribution is 2.10. The summed E-state index contributed by atoms with van der Waals surface area (Å²) < 4.78 is 18.3. The van der Waals surface area contributed by atoms with Gasteiger partial charge in [0, 0.05) is 26.2 Å². The maximum absolute atomic E-state index is 12.8. The van der Waals surface area contributed by atoms with Gasteiger partial charge in [-0.15, -0.1) is 0 Å². The molecule has 98 valence electrons. The monoisotopic (exact) mass is 252 g/mol. The van der Waals surface area contributed by atoms with Crippen molar-refractivity contribution in [2.45, 2.75) is 12.6 Å². The van der Waals surface area contributed by atoms with Crippen LogP contribution in [0.5, 0.6) is 0 Å². The van der Waals surface area contributed by atoms with Crippen molar-refractivity contribution in [3.8, 4) is 0 Å². The molecular formula is C13H17FN2O2. The molecule has 0 bridgehead atoms. The Balaban J connectivity index is 1.85. The van der Waals surface area contributed by atoms with E-state index in [0.717, 1.165) is 25.2 Å². The summed E-state index contributed by atoms with van der Waals surface area (Å²) >= 11 is 0. The molecule has 0 saturated carbocycles. The van der Waals surface area contributed by atoms with E-state index in [1.165, 1.54) is 12.1 Å². The van der Waals surface area contributed by atoms with Crippen LogP contribution >= 0.6 is 0 Å². The molecule has 1 aromatic rings. The molecule has 1 aromatic carbocycles. The lowest BCUT2D eigenvalue weighted by Gasteiger charge is -2.32. The second kappa shape index (κ2) is 6.47. The molecule has 18 heavy (non-hydrogen) atoms. The summed E-state index contributed by atoms with van der Waals surface area (Å²) in [5.41, 5.74) is 1.08. The van der Waals surface area contributed by atoms with Crippen molar-refractivity contribution >= 4 is 6.41 Å². The van der Waals surface area contributed by atoms with Crippen molar-refractivity contribution in [3.05, 3.63) is 35.6 Å². The summed E-state index contributed by atoms with van der Waals surface area (Å²) in [6.07, 6.45) is 0.715. The first-order valence-electron chi connectivity index (χ1n) is 6.03. The highest BCUT2D eigenvalue weighted by molar-refractivity contribution is 5.45. The van der Waals surface area contributed by atoms with E-state index in [-0.39, 0.29) is 11.9 Å². The minimum atomic E-state index is -0.214. The van der Waals surface area contributed by atoms with Crippen LogP contribution in [-0.2, 0) is 16.1 Å². The number of amides is 1. The molecule has 1 N–H and O–H groups in total. The Hall–Kier alpha value is -1.46. The fraction of sp³-hybridized carbons (Fsp3) is 0.462. The number of hydrogen-bond acceptors (Lipinski definition) is 3. The molecule has 1 fully saturated rings. The molecule has 0 radical (unpaired) electrons. The number of halogens is 1. The van der Waals surface area contributed by atoms with E-state index in [9.17, 15) is 9.18 Å². The van der Waals surface area contributed by atoms with Crippen LogP contribution in [0.1, 0.15) is 5.56 Å². The van der Waals surface area contributed by atoms with E-state index in [1.807, 2.05) is 0 Å². The van der Waals surface area contributed by atoms with Crippen LogP contribution in [0.4, 0.5) is 4.39 Å². The topological polar surface area (TPSA) is 41.6 Å². The van der Waals surface area contributed by atoms with Gasteiger partial charge in [-0.05, 0) is 17.7 Å². The summed E-state index contributed by atoms with van der Waals surface area (Å²) in [5.74, 6) is -0.214. The Morgan fingerprint density at radius 3 is 2.94 bits per heavy atom. The van der Waals surface area contributed by atoms with Gasteiger partial charge in [0.25, 0.3) is 0 Å². The molecule has 5 heteroatoms. The minimum absolute atomic E-state index is 0.0319. The first-order valence-corrected chi connectivity index (χ1v) is 6.03. The Kier molecular flexibility index (Phi) is 4.66. The van der Waals surface area contributed by atoms with Gasteiger partial charge < -0.3 is 10.1 Å². The lowest BCUT2D eigenvalue weighted by molar-refractivity contribution is -0.110. The summed E-state index contributed by atoms with van der Waals surface area (Å²) in [7, 11) is 0. The van der Waals surface area contributed by atoms with Gasteiger partial charge in [0.05, 0.1) is 12.7 Å². The molecule has 1 unspecified atom stereocenters. The molecule has 0 aromatic heterocycles. The van der Waals surface area contributed by atoms with Crippen LogP contribution in [0.15, 0.2) is 24.3 Å². The zero-order chi connectivity index (χ0) is 12.8. The summed E-state index contributed by atoms with van der Waals surface area (Å²) in [6.45, 7) is 3.60. The number of morpholine rings is 1. The molecule has 1 aliphatic heterocycles. The lowest BCUT2D eigenvalue weighted by atomic mass is 10.2. The highest BCUT2D eigenvalue weighted by Gasteiger charge is 2.19. The Morgan fingerprint density at radius 1 is 1.44 bits per heavy atom. The first kappa shape index (κ1) is 13.0. The van der Waals surface area contributed by atoms with Gasteiger partial charge in [0.1, 0.15) is 5.82 Å². The molecule has 1 amide bonds. The van der Waals surface area contributed by atoms with E-state index in [1.54, 1.807) is 12.1 Å². The fourth-order valence-corrected chi connectivity index (χ4v) is 2.08. The molecule has 1 atom stereocenters. The largest absolute Gasteiger partial charge is 0.374 e. The number of benzene rings is 1. The maximum Gasteiger partial charge on any atom is 0.207 e. The average Bonchev–Trinajstić information content (AvgIpc) is 2.40. The number of carbonyl (C=O) groups excluding carboxylic acids is 1. The quantitative estimate of drug-likeness (QED) is 0.787. The highest BCUT2D eigenvalue weighted by atomic mass is 19.1. The zero-order valence-corrected chi connectivity index (χ0v) is 10.1. The first-order chi connectivity index (χ1) is 8.78. The van der Waals surface area contributed by atoms with Crippen LogP contribution in [0.2, 0.25) is 0 Å². The van der Waals surface area contributed by atoms with Gasteiger partial charge in [0.15, 0.2) is 0 Å². The standard InChI is InChI=1S/C13H17FN2O2/c14-12-3-1-11(2-4-12)8-16-5-6-18-13(9-16)7-15-10-17/h1-4,10,13H,5-9H2,(H,15,17). The van der Waals surface area contributed by atoms with Gasteiger partial charge in [-0.2, -0.15) is 0 Å². The SMILES string of the molecule is O=CNCC1CN(Cc2ccc(F)cc2)CCO1. The molecule has 1 saturated heterocycles. The van der Waals surface area contributed by atoms with Gasteiger partial charge in [-0.3, -0.25) is 9.69 Å². The predicted molar refractivity (Wildman–Crippen MR) is 65.5 cm³/mol. The normalized spacial score (nSPS) is 20.6. The summed E-state index contributed by atoms with van der Waals surface area (Å²) in [5, 5.41) is 2.63. The third kappa shape index (κ3) is 3.78. The second-order valence-corrected chi connectivity index (χ2v) is 4.38. The molecule has 2 rings (SSSR count). The minimum Gasteiger partial charge on any atom is -0.374 e. The van der Waals surface area contributed by atoms with Gasteiger partial charge in [-0.1, -0.05) is 12.1 Å². The number of nitrogens with zero attached hydrogens (tertiary/aromatic N) is 1. The third-order valence-corrected chi connectivity index (χ3v) is 2.97. The Morgan fingerprint density at radius 2 is 2.22 bits per heavy atom. The van der Waals surface area contributed by atoms with Crippen molar-refractivity contribution in [3.63, 3.8) is 0 Å². The van der Waals surface area contributed by atoms with E-state index in [0.29, 0.717) is 19.6 Å². The predicted octanol–water partition coefficient (Wildman–Crippen LogP) is 0.772. The third-order valence-electron chi connectivity index (χ3n) is 2.97. The van der Waals surface area contributed by atoms with Crippen LogP contribution in [-0.4, -0.2) is 43.7 Å². The number of ether oxygens (including phenoxy) is 1. The van der Waals surface area contributed by atoms with E-state index in [4.69, 9.17) is 4.74 Å². The van der Waals surface area contributed by atoms with E-state index < -0.39 is 0 Å². The number of carbonyl (C=O) groups is 1. The smallest absolute Gasteiger partial charge is 0.207 e. The van der Waals surface area contributed by atoms with Crippen molar-refractivity contribution in [2.75, 3.05) is 26.2 Å². The number of hydrogen-bond donors (Lipinski definition) is 1. The molecule has 0 aliphatic carbocycles. The van der Waals surface area contributed by atoms with Crippen LogP contribution in [0, 0.1) is 5.82 Å². The fourth-order valence-electron chi connectivity index (χ4n) is 2.08. The van der Waals surface area contributed by atoms with Gasteiger partial charge in [-0.25, -0.2) is 4.39 Å². The maximum atomic E-state index is 12.8.